The van der Waals surface area contributed by atoms with Crippen molar-refractivity contribution in [2.75, 3.05) is 6.61 Å². The number of amides is 1. The van der Waals surface area contributed by atoms with Crippen LogP contribution in [0.25, 0.3) is 17.0 Å². The fraction of sp³-hybridized carbons (Fsp3) is 0.217. The van der Waals surface area contributed by atoms with E-state index in [2.05, 4.69) is 9.88 Å². The number of benzene rings is 2. The van der Waals surface area contributed by atoms with Gasteiger partial charge in [0.05, 0.1) is 6.54 Å². The summed E-state index contributed by atoms with van der Waals surface area (Å²) in [7, 11) is 0. The summed E-state index contributed by atoms with van der Waals surface area (Å²) in [5.74, 6) is 0.539. The van der Waals surface area contributed by atoms with Gasteiger partial charge in [-0.25, -0.2) is 0 Å². The topological polar surface area (TPSA) is 67.0 Å². The number of aromatic nitrogens is 1. The highest BCUT2D eigenvalue weighted by Gasteiger charge is 2.24. The molecule has 0 aliphatic heterocycles. The Morgan fingerprint density at radius 2 is 1.93 bits per heavy atom. The lowest BCUT2D eigenvalue weighted by Gasteiger charge is -2.08. The zero-order valence-electron chi connectivity index (χ0n) is 15.5. The average Bonchev–Trinajstić information content (AvgIpc) is 3.48. The Hall–Kier alpha value is -3.52. The number of rotatable bonds is 7. The van der Waals surface area contributed by atoms with Crippen molar-refractivity contribution in [3.05, 3.63) is 71.9 Å². The molecule has 0 saturated heterocycles. The third kappa shape index (κ3) is 4.07. The summed E-state index contributed by atoms with van der Waals surface area (Å²) < 4.78 is 7.90. The molecular formula is C23H21N3O2. The van der Waals surface area contributed by atoms with E-state index in [4.69, 9.17) is 4.74 Å². The minimum Gasteiger partial charge on any atom is -0.492 e. The van der Waals surface area contributed by atoms with Crippen molar-refractivity contribution in [2.45, 2.75) is 25.4 Å². The van der Waals surface area contributed by atoms with Crippen molar-refractivity contribution in [2.24, 2.45) is 0 Å². The highest BCUT2D eigenvalue weighted by atomic mass is 16.5. The second-order valence-corrected chi connectivity index (χ2v) is 6.87. The van der Waals surface area contributed by atoms with Gasteiger partial charge in [0, 0.05) is 28.7 Å². The molecule has 0 spiro atoms. The summed E-state index contributed by atoms with van der Waals surface area (Å²) in [6, 6.07) is 19.9. The molecule has 28 heavy (non-hydrogen) atoms. The smallest absolute Gasteiger partial charge is 0.262 e. The molecule has 1 aromatic heterocycles. The lowest BCUT2D eigenvalue weighted by atomic mass is 10.1. The summed E-state index contributed by atoms with van der Waals surface area (Å²) >= 11 is 0. The van der Waals surface area contributed by atoms with Crippen LogP contribution in [0.2, 0.25) is 0 Å². The van der Waals surface area contributed by atoms with Gasteiger partial charge in [0.25, 0.3) is 5.91 Å². The Bertz CT molecular complexity index is 1060. The molecule has 0 bridgehead atoms. The summed E-state index contributed by atoms with van der Waals surface area (Å²) in [4.78, 5) is 12.3. The maximum atomic E-state index is 12.3. The van der Waals surface area contributed by atoms with Crippen molar-refractivity contribution in [1.29, 1.82) is 5.26 Å². The van der Waals surface area contributed by atoms with Crippen LogP contribution in [0.3, 0.4) is 0 Å². The lowest BCUT2D eigenvalue weighted by molar-refractivity contribution is -0.117. The summed E-state index contributed by atoms with van der Waals surface area (Å²) in [5, 5.41) is 13.3. The first-order chi connectivity index (χ1) is 13.7. The van der Waals surface area contributed by atoms with E-state index in [1.165, 1.54) is 0 Å². The molecule has 4 rings (SSSR count). The first kappa shape index (κ1) is 17.9. The van der Waals surface area contributed by atoms with E-state index >= 15 is 0 Å². The molecule has 0 unspecified atom stereocenters. The normalized spacial score (nSPS) is 13.9. The number of carbonyl (C=O) groups is 1. The van der Waals surface area contributed by atoms with Crippen LogP contribution in [0.4, 0.5) is 0 Å². The second-order valence-electron chi connectivity index (χ2n) is 6.87. The second kappa shape index (κ2) is 8.01. The van der Waals surface area contributed by atoms with E-state index < -0.39 is 0 Å². The van der Waals surface area contributed by atoms with Gasteiger partial charge in [-0.1, -0.05) is 36.4 Å². The summed E-state index contributed by atoms with van der Waals surface area (Å²) in [5.41, 5.74) is 2.04. The molecule has 1 saturated carbocycles. The van der Waals surface area contributed by atoms with Crippen LogP contribution in [-0.4, -0.2) is 23.1 Å². The van der Waals surface area contributed by atoms with Gasteiger partial charge in [-0.15, -0.1) is 0 Å². The van der Waals surface area contributed by atoms with Gasteiger partial charge in [-0.2, -0.15) is 5.26 Å². The third-order valence-corrected chi connectivity index (χ3v) is 4.74. The first-order valence-corrected chi connectivity index (χ1v) is 9.43. The monoisotopic (exact) mass is 371 g/mol. The minimum absolute atomic E-state index is 0.135. The third-order valence-electron chi connectivity index (χ3n) is 4.74. The molecule has 3 aromatic rings. The number of nitriles is 1. The lowest BCUT2D eigenvalue weighted by Crippen LogP contribution is -2.26. The molecule has 1 aliphatic rings. The van der Waals surface area contributed by atoms with Crippen LogP contribution in [0.5, 0.6) is 5.75 Å². The number of ether oxygens (including phenoxy) is 1. The van der Waals surface area contributed by atoms with E-state index in [0.717, 1.165) is 35.1 Å². The van der Waals surface area contributed by atoms with Crippen LogP contribution >= 0.6 is 0 Å². The van der Waals surface area contributed by atoms with Crippen LogP contribution in [0.15, 0.2) is 66.4 Å². The maximum absolute atomic E-state index is 12.3. The molecule has 1 aliphatic carbocycles. The first-order valence-electron chi connectivity index (χ1n) is 9.43. The molecule has 1 amide bonds. The zero-order valence-corrected chi connectivity index (χ0v) is 15.5. The number of hydrogen-bond acceptors (Lipinski definition) is 3. The molecule has 2 aromatic carbocycles. The summed E-state index contributed by atoms with van der Waals surface area (Å²) in [6.07, 6.45) is 5.63. The molecule has 1 N–H and O–H groups in total. The Labute approximate surface area is 163 Å². The molecular weight excluding hydrogens is 350 g/mol. The van der Waals surface area contributed by atoms with Crippen molar-refractivity contribution < 1.29 is 9.53 Å². The highest BCUT2D eigenvalue weighted by molar-refractivity contribution is 6.04. The SMILES string of the molecule is N#C/C(=C/c1cn(CCOc2ccccc2)c2ccccc12)C(=O)NC1CC1. The van der Waals surface area contributed by atoms with E-state index in [9.17, 15) is 10.1 Å². The Kier molecular flexibility index (Phi) is 5.11. The van der Waals surface area contributed by atoms with Crippen LogP contribution in [0.1, 0.15) is 18.4 Å². The molecule has 5 nitrogen and oxygen atoms in total. The van der Waals surface area contributed by atoms with Crippen LogP contribution < -0.4 is 10.1 Å². The maximum Gasteiger partial charge on any atom is 0.262 e. The number of fused-ring (bicyclic) bond motifs is 1. The van der Waals surface area contributed by atoms with Gasteiger partial charge < -0.3 is 14.6 Å². The highest BCUT2D eigenvalue weighted by Crippen LogP contribution is 2.24. The zero-order chi connectivity index (χ0) is 19.3. The van der Waals surface area contributed by atoms with Crippen molar-refractivity contribution in [3.8, 4) is 11.8 Å². The fourth-order valence-electron chi connectivity index (χ4n) is 3.15. The van der Waals surface area contributed by atoms with Gasteiger partial charge in [-0.05, 0) is 37.1 Å². The largest absolute Gasteiger partial charge is 0.492 e. The van der Waals surface area contributed by atoms with E-state index in [1.807, 2.05) is 66.9 Å². The van der Waals surface area contributed by atoms with Crippen LogP contribution in [0, 0.1) is 11.3 Å². The number of nitrogens with one attached hydrogen (secondary N) is 1. The van der Waals surface area contributed by atoms with Gasteiger partial charge in [0.2, 0.25) is 0 Å². The Morgan fingerprint density at radius 1 is 1.18 bits per heavy atom. The number of nitrogens with zero attached hydrogens (tertiary/aromatic N) is 2. The number of carbonyl (C=O) groups excluding carboxylic acids is 1. The fourth-order valence-corrected chi connectivity index (χ4v) is 3.15. The summed E-state index contributed by atoms with van der Waals surface area (Å²) in [6.45, 7) is 1.19. The predicted molar refractivity (Wildman–Crippen MR) is 109 cm³/mol. The van der Waals surface area contributed by atoms with Crippen molar-refractivity contribution in [1.82, 2.24) is 9.88 Å². The van der Waals surface area contributed by atoms with Crippen LogP contribution in [-0.2, 0) is 11.3 Å². The number of para-hydroxylation sites is 2. The molecule has 0 atom stereocenters. The van der Waals surface area contributed by atoms with Gasteiger partial charge in [0.15, 0.2) is 0 Å². The Morgan fingerprint density at radius 3 is 2.68 bits per heavy atom. The molecule has 5 heteroatoms. The van der Waals surface area contributed by atoms with E-state index in [0.29, 0.717) is 13.2 Å². The molecule has 1 fully saturated rings. The minimum atomic E-state index is -0.297. The van der Waals surface area contributed by atoms with E-state index in [1.54, 1.807) is 6.08 Å². The van der Waals surface area contributed by atoms with Crippen molar-refractivity contribution in [3.63, 3.8) is 0 Å². The number of hydrogen-bond donors (Lipinski definition) is 1. The average molecular weight is 371 g/mol. The molecule has 0 radical (unpaired) electrons. The predicted octanol–water partition coefficient (Wildman–Crippen LogP) is 3.91. The Balaban J connectivity index is 1.56. The van der Waals surface area contributed by atoms with Crippen molar-refractivity contribution >= 4 is 22.9 Å². The van der Waals surface area contributed by atoms with E-state index in [-0.39, 0.29) is 17.5 Å². The quantitative estimate of drug-likeness (QED) is 0.506. The molecule has 1 heterocycles. The molecule has 140 valence electrons. The van der Waals surface area contributed by atoms with Gasteiger partial charge >= 0.3 is 0 Å². The standard InChI is InChI=1S/C23H21N3O2/c24-15-17(23(27)25-19-10-11-19)14-18-16-26(22-9-5-4-8-21(18)22)12-13-28-20-6-2-1-3-7-20/h1-9,14,16,19H,10-13H2,(H,25,27)/b17-14-. The van der Waals surface area contributed by atoms with Gasteiger partial charge in [0.1, 0.15) is 24.0 Å². The van der Waals surface area contributed by atoms with Gasteiger partial charge in [-0.3, -0.25) is 4.79 Å².